The lowest BCUT2D eigenvalue weighted by Gasteiger charge is -2.09. The fraction of sp³-hybridized carbons (Fsp3) is 0.125. The zero-order chi connectivity index (χ0) is 12.1. The Balaban J connectivity index is 2.90. The first kappa shape index (κ1) is 11.6. The van der Waals surface area contributed by atoms with Crippen LogP contribution >= 0.6 is 28.1 Å². The molecule has 8 heteroatoms. The Hall–Kier alpha value is -0.890. The average molecular weight is 316 g/mol. The number of alkyl halides is 3. The largest absolute Gasteiger partial charge is 0.428 e. The Morgan fingerprint density at radius 3 is 2.56 bits per heavy atom. The van der Waals surface area contributed by atoms with E-state index in [0.717, 1.165) is 0 Å². The molecule has 1 heterocycles. The van der Waals surface area contributed by atoms with Gasteiger partial charge in [-0.15, -0.1) is 0 Å². The van der Waals surface area contributed by atoms with Crippen LogP contribution in [0.5, 0.6) is 0 Å². The van der Waals surface area contributed by atoms with Crippen LogP contribution in [0.15, 0.2) is 15.0 Å². The van der Waals surface area contributed by atoms with Crippen molar-refractivity contribution in [1.82, 2.24) is 4.98 Å². The lowest BCUT2D eigenvalue weighted by molar-refractivity contribution is -0.140. The van der Waals surface area contributed by atoms with Gasteiger partial charge in [-0.05, 0) is 28.1 Å². The van der Waals surface area contributed by atoms with Crippen LogP contribution < -0.4 is 0 Å². The van der Waals surface area contributed by atoms with E-state index in [1.165, 1.54) is 0 Å². The first-order chi connectivity index (χ1) is 7.30. The number of halogens is 5. The van der Waals surface area contributed by atoms with Gasteiger partial charge in [0, 0.05) is 6.07 Å². The summed E-state index contributed by atoms with van der Waals surface area (Å²) in [5.41, 5.74) is -1.49. The predicted octanol–water partition coefficient (Wildman–Crippen LogP) is 4.41. The second kappa shape index (κ2) is 3.56. The number of aromatic amines is 1. The zero-order valence-electron chi connectivity index (χ0n) is 7.28. The minimum atomic E-state index is -4.80. The molecule has 86 valence electrons. The molecule has 0 unspecified atom stereocenters. The molecule has 0 fully saturated rings. The van der Waals surface area contributed by atoms with Gasteiger partial charge < -0.3 is 9.40 Å². The normalized spacial score (nSPS) is 12.3. The van der Waals surface area contributed by atoms with Crippen LogP contribution in [-0.4, -0.2) is 4.98 Å². The van der Waals surface area contributed by atoms with E-state index in [-0.39, 0.29) is 15.9 Å². The summed E-state index contributed by atoms with van der Waals surface area (Å²) in [7, 11) is 0. The standard InChI is InChI=1S/C8H2BrF4NOS/c9-5-4(8(11,12)13)2(10)1-3-6(5)15-7(16)14-3/h1H,(H,14,16). The zero-order valence-corrected chi connectivity index (χ0v) is 9.69. The summed E-state index contributed by atoms with van der Waals surface area (Å²) < 4.78 is 55.1. The SMILES string of the molecule is Fc1cc2[nH]c(=S)oc2c(Br)c1C(F)(F)F. The third-order valence-electron chi connectivity index (χ3n) is 1.89. The Labute approximate surface area is 99.4 Å². The molecular weight excluding hydrogens is 314 g/mol. The van der Waals surface area contributed by atoms with Crippen LogP contribution in [-0.2, 0) is 6.18 Å². The van der Waals surface area contributed by atoms with Crippen molar-refractivity contribution in [3.05, 3.63) is 26.8 Å². The molecule has 0 saturated heterocycles. The maximum absolute atomic E-state index is 13.2. The quantitative estimate of drug-likeness (QED) is 0.576. The average Bonchev–Trinajstić information content (AvgIpc) is 2.43. The summed E-state index contributed by atoms with van der Waals surface area (Å²) in [5, 5.41) is 0. The van der Waals surface area contributed by atoms with E-state index in [0.29, 0.717) is 6.07 Å². The highest BCUT2D eigenvalue weighted by Gasteiger charge is 2.38. The van der Waals surface area contributed by atoms with Gasteiger partial charge in [0.05, 0.1) is 9.99 Å². The maximum Gasteiger partial charge on any atom is 0.420 e. The predicted molar refractivity (Wildman–Crippen MR) is 54.1 cm³/mol. The molecule has 0 saturated carbocycles. The second-order valence-electron chi connectivity index (χ2n) is 2.94. The molecule has 2 nitrogen and oxygen atoms in total. The number of oxazole rings is 1. The highest BCUT2D eigenvalue weighted by Crippen LogP contribution is 2.40. The molecule has 0 aliphatic carbocycles. The van der Waals surface area contributed by atoms with E-state index in [1.54, 1.807) is 0 Å². The molecule has 2 rings (SSSR count). The number of rotatable bonds is 0. The van der Waals surface area contributed by atoms with E-state index in [2.05, 4.69) is 33.1 Å². The number of fused-ring (bicyclic) bond motifs is 1. The van der Waals surface area contributed by atoms with Crippen LogP contribution in [0.3, 0.4) is 0 Å². The van der Waals surface area contributed by atoms with E-state index in [1.807, 2.05) is 0 Å². The molecule has 0 spiro atoms. The Morgan fingerprint density at radius 1 is 1.38 bits per heavy atom. The molecular formula is C8H2BrF4NOS. The summed E-state index contributed by atoms with van der Waals surface area (Å²) in [6, 6.07) is 0.697. The van der Waals surface area contributed by atoms with Gasteiger partial charge in [0.2, 0.25) is 0 Å². The van der Waals surface area contributed by atoms with Crippen molar-refractivity contribution in [3.8, 4) is 0 Å². The van der Waals surface area contributed by atoms with Crippen molar-refractivity contribution in [2.45, 2.75) is 6.18 Å². The van der Waals surface area contributed by atoms with Crippen molar-refractivity contribution >= 4 is 39.2 Å². The van der Waals surface area contributed by atoms with E-state index in [9.17, 15) is 17.6 Å². The minimum absolute atomic E-state index is 0.0716. The first-order valence-electron chi connectivity index (χ1n) is 3.88. The number of aromatic nitrogens is 1. The lowest BCUT2D eigenvalue weighted by Crippen LogP contribution is -2.09. The van der Waals surface area contributed by atoms with Crippen molar-refractivity contribution in [2.75, 3.05) is 0 Å². The smallest absolute Gasteiger partial charge is 0.420 e. The third-order valence-corrected chi connectivity index (χ3v) is 2.83. The summed E-state index contributed by atoms with van der Waals surface area (Å²) in [4.78, 5) is 2.31. The van der Waals surface area contributed by atoms with Gasteiger partial charge in [-0.3, -0.25) is 0 Å². The molecule has 1 aromatic heterocycles. The molecule has 0 radical (unpaired) electrons. The fourth-order valence-electron chi connectivity index (χ4n) is 1.28. The molecule has 0 atom stereocenters. The summed E-state index contributed by atoms with van der Waals surface area (Å²) in [6.45, 7) is 0. The Morgan fingerprint density at radius 2 is 2.00 bits per heavy atom. The molecule has 1 N–H and O–H groups in total. The highest BCUT2D eigenvalue weighted by atomic mass is 79.9. The van der Waals surface area contributed by atoms with E-state index in [4.69, 9.17) is 4.42 Å². The van der Waals surface area contributed by atoms with Crippen molar-refractivity contribution < 1.29 is 22.0 Å². The number of nitrogens with one attached hydrogen (secondary N) is 1. The van der Waals surface area contributed by atoms with Gasteiger partial charge in [0.1, 0.15) is 11.4 Å². The number of H-pyrrole nitrogens is 1. The van der Waals surface area contributed by atoms with Crippen LogP contribution in [0.2, 0.25) is 0 Å². The minimum Gasteiger partial charge on any atom is -0.428 e. The van der Waals surface area contributed by atoms with Crippen molar-refractivity contribution in [3.63, 3.8) is 0 Å². The van der Waals surface area contributed by atoms with E-state index >= 15 is 0 Å². The van der Waals surface area contributed by atoms with Crippen molar-refractivity contribution in [1.29, 1.82) is 0 Å². The third kappa shape index (κ3) is 1.75. The monoisotopic (exact) mass is 315 g/mol. The summed E-state index contributed by atoms with van der Waals surface area (Å²) in [6.07, 6.45) is -4.80. The summed E-state index contributed by atoms with van der Waals surface area (Å²) in [5.74, 6) is -1.39. The lowest BCUT2D eigenvalue weighted by atomic mass is 10.2. The van der Waals surface area contributed by atoms with Crippen LogP contribution in [0, 0.1) is 10.7 Å². The number of benzene rings is 1. The molecule has 1 aromatic carbocycles. The molecule has 2 aromatic rings. The number of hydrogen-bond acceptors (Lipinski definition) is 2. The van der Waals surface area contributed by atoms with Gasteiger partial charge in [-0.25, -0.2) is 4.39 Å². The topological polar surface area (TPSA) is 28.9 Å². The molecule has 0 amide bonds. The molecule has 0 aliphatic rings. The van der Waals surface area contributed by atoms with Gasteiger partial charge in [0.15, 0.2) is 5.58 Å². The molecule has 16 heavy (non-hydrogen) atoms. The van der Waals surface area contributed by atoms with Crippen LogP contribution in [0.1, 0.15) is 5.56 Å². The van der Waals surface area contributed by atoms with Gasteiger partial charge in [-0.2, -0.15) is 13.2 Å². The van der Waals surface area contributed by atoms with Gasteiger partial charge >= 0.3 is 6.18 Å². The van der Waals surface area contributed by atoms with Crippen LogP contribution in [0.4, 0.5) is 17.6 Å². The molecule has 0 bridgehead atoms. The Bertz CT molecular complexity index is 615. The fourth-order valence-corrected chi connectivity index (χ4v) is 2.18. The van der Waals surface area contributed by atoms with Gasteiger partial charge in [-0.1, -0.05) is 0 Å². The molecule has 0 aliphatic heterocycles. The van der Waals surface area contributed by atoms with Gasteiger partial charge in [0.25, 0.3) is 4.84 Å². The highest BCUT2D eigenvalue weighted by molar-refractivity contribution is 9.10. The first-order valence-corrected chi connectivity index (χ1v) is 5.09. The van der Waals surface area contributed by atoms with Crippen molar-refractivity contribution in [2.24, 2.45) is 0 Å². The number of hydrogen-bond donors (Lipinski definition) is 1. The summed E-state index contributed by atoms with van der Waals surface area (Å²) >= 11 is 7.27. The Kier molecular flexibility index (Phi) is 2.58. The second-order valence-corrected chi connectivity index (χ2v) is 4.10. The van der Waals surface area contributed by atoms with Crippen LogP contribution in [0.25, 0.3) is 11.1 Å². The maximum atomic E-state index is 13.2. The van der Waals surface area contributed by atoms with E-state index < -0.39 is 22.0 Å².